The maximum absolute atomic E-state index is 12.8. The minimum atomic E-state index is -0.483. The minimum Gasteiger partial charge on any atom is -0.497 e. The van der Waals surface area contributed by atoms with Crippen molar-refractivity contribution in [3.63, 3.8) is 0 Å². The van der Waals surface area contributed by atoms with Gasteiger partial charge in [-0.25, -0.2) is 0 Å². The molecular formula is C23H21NO7. The second-order valence-corrected chi connectivity index (χ2v) is 6.44. The molecule has 0 saturated carbocycles. The Labute approximate surface area is 179 Å². The van der Waals surface area contributed by atoms with Crippen LogP contribution in [0.15, 0.2) is 60.7 Å². The van der Waals surface area contributed by atoms with Gasteiger partial charge in [-0.2, -0.15) is 0 Å². The van der Waals surface area contributed by atoms with Crippen LogP contribution in [0, 0.1) is 10.1 Å². The maximum atomic E-state index is 12.8. The average Bonchev–Trinajstić information content (AvgIpc) is 2.81. The number of benzene rings is 3. The van der Waals surface area contributed by atoms with Gasteiger partial charge in [0, 0.05) is 17.7 Å². The van der Waals surface area contributed by atoms with Gasteiger partial charge in [-0.1, -0.05) is 12.1 Å². The monoisotopic (exact) mass is 423 g/mol. The highest BCUT2D eigenvalue weighted by atomic mass is 16.6. The van der Waals surface area contributed by atoms with Gasteiger partial charge in [0.1, 0.15) is 23.0 Å². The van der Waals surface area contributed by atoms with E-state index in [9.17, 15) is 14.9 Å². The lowest BCUT2D eigenvalue weighted by Crippen LogP contribution is -2.13. The van der Waals surface area contributed by atoms with E-state index in [0.29, 0.717) is 39.7 Å². The number of hydrogen-bond acceptors (Lipinski definition) is 7. The number of nitro benzene ring substituents is 1. The van der Waals surface area contributed by atoms with E-state index in [1.807, 2.05) is 0 Å². The molecule has 0 aliphatic rings. The standard InChI is InChI=1S/C23H21NO7/c1-28-17-7-4-15(5-8-17)19-12-16(24(26)27)6-10-23(19)31-14-21(25)20-13-18(29-2)9-11-22(20)30-3/h4-13H,14H2,1-3H3. The van der Waals surface area contributed by atoms with Crippen LogP contribution in [-0.4, -0.2) is 38.6 Å². The third-order valence-corrected chi connectivity index (χ3v) is 4.64. The van der Waals surface area contributed by atoms with E-state index in [2.05, 4.69) is 0 Å². The zero-order valence-corrected chi connectivity index (χ0v) is 17.3. The predicted octanol–water partition coefficient (Wildman–Crippen LogP) is 4.55. The quantitative estimate of drug-likeness (QED) is 0.283. The fourth-order valence-corrected chi connectivity index (χ4v) is 3.01. The fourth-order valence-electron chi connectivity index (χ4n) is 3.01. The molecule has 0 aliphatic carbocycles. The van der Waals surface area contributed by atoms with Crippen LogP contribution in [0.25, 0.3) is 11.1 Å². The molecule has 0 bridgehead atoms. The molecular weight excluding hydrogens is 402 g/mol. The van der Waals surface area contributed by atoms with Gasteiger partial charge in [-0.05, 0) is 42.0 Å². The summed E-state index contributed by atoms with van der Waals surface area (Å²) in [5.74, 6) is 1.57. The first-order valence-corrected chi connectivity index (χ1v) is 9.27. The van der Waals surface area contributed by atoms with E-state index >= 15 is 0 Å². The topological polar surface area (TPSA) is 97.1 Å². The highest BCUT2D eigenvalue weighted by Crippen LogP contribution is 2.35. The summed E-state index contributed by atoms with van der Waals surface area (Å²) in [5.41, 5.74) is 1.40. The Morgan fingerprint density at radius 3 is 2.10 bits per heavy atom. The Hall–Kier alpha value is -4.07. The number of rotatable bonds is 9. The molecule has 3 rings (SSSR count). The summed E-state index contributed by atoms with van der Waals surface area (Å²) < 4.78 is 21.4. The van der Waals surface area contributed by atoms with Crippen molar-refractivity contribution in [2.75, 3.05) is 27.9 Å². The molecule has 0 N–H and O–H groups in total. The lowest BCUT2D eigenvalue weighted by molar-refractivity contribution is -0.384. The van der Waals surface area contributed by atoms with Gasteiger partial charge in [0.15, 0.2) is 6.61 Å². The van der Waals surface area contributed by atoms with Crippen LogP contribution in [0.5, 0.6) is 23.0 Å². The molecule has 0 amide bonds. The molecule has 0 fully saturated rings. The first-order chi connectivity index (χ1) is 15.0. The third-order valence-electron chi connectivity index (χ3n) is 4.64. The van der Waals surface area contributed by atoms with Gasteiger partial charge in [0.2, 0.25) is 5.78 Å². The van der Waals surface area contributed by atoms with Crippen molar-refractivity contribution < 1.29 is 28.7 Å². The van der Waals surface area contributed by atoms with Crippen molar-refractivity contribution in [1.29, 1.82) is 0 Å². The van der Waals surface area contributed by atoms with Crippen molar-refractivity contribution in [3.8, 4) is 34.1 Å². The number of nitro groups is 1. The van der Waals surface area contributed by atoms with Crippen LogP contribution in [0.4, 0.5) is 5.69 Å². The molecule has 0 unspecified atom stereocenters. The highest BCUT2D eigenvalue weighted by Gasteiger charge is 2.18. The van der Waals surface area contributed by atoms with E-state index < -0.39 is 4.92 Å². The van der Waals surface area contributed by atoms with Crippen LogP contribution < -0.4 is 18.9 Å². The molecule has 8 heteroatoms. The van der Waals surface area contributed by atoms with Gasteiger partial charge in [0.05, 0.1) is 31.8 Å². The second kappa shape index (κ2) is 9.62. The molecule has 160 valence electrons. The molecule has 0 radical (unpaired) electrons. The molecule has 0 aliphatic heterocycles. The number of hydrogen-bond donors (Lipinski definition) is 0. The van der Waals surface area contributed by atoms with Gasteiger partial charge < -0.3 is 18.9 Å². The predicted molar refractivity (Wildman–Crippen MR) is 114 cm³/mol. The summed E-state index contributed by atoms with van der Waals surface area (Å²) in [6.07, 6.45) is 0. The average molecular weight is 423 g/mol. The van der Waals surface area contributed by atoms with Gasteiger partial charge in [-0.15, -0.1) is 0 Å². The highest BCUT2D eigenvalue weighted by molar-refractivity contribution is 6.00. The molecule has 0 saturated heterocycles. The van der Waals surface area contributed by atoms with Crippen molar-refractivity contribution in [2.45, 2.75) is 0 Å². The molecule has 0 aromatic heterocycles. The largest absolute Gasteiger partial charge is 0.497 e. The number of ether oxygens (including phenoxy) is 4. The summed E-state index contributed by atoms with van der Waals surface area (Å²) in [6.45, 7) is -0.287. The Morgan fingerprint density at radius 1 is 0.839 bits per heavy atom. The van der Waals surface area contributed by atoms with Crippen molar-refractivity contribution in [3.05, 3.63) is 76.3 Å². The zero-order chi connectivity index (χ0) is 22.4. The molecule has 31 heavy (non-hydrogen) atoms. The molecule has 3 aromatic rings. The van der Waals surface area contributed by atoms with Crippen LogP contribution in [0.2, 0.25) is 0 Å². The van der Waals surface area contributed by atoms with E-state index in [4.69, 9.17) is 18.9 Å². The van der Waals surface area contributed by atoms with E-state index in [-0.39, 0.29) is 18.1 Å². The maximum Gasteiger partial charge on any atom is 0.270 e. The number of nitrogens with zero attached hydrogens (tertiary/aromatic N) is 1. The summed E-state index contributed by atoms with van der Waals surface area (Å²) in [7, 11) is 4.53. The van der Waals surface area contributed by atoms with Crippen LogP contribution in [0.1, 0.15) is 10.4 Å². The van der Waals surface area contributed by atoms with E-state index in [1.165, 1.54) is 32.4 Å². The van der Waals surface area contributed by atoms with Crippen LogP contribution in [-0.2, 0) is 0 Å². The lowest BCUT2D eigenvalue weighted by atomic mass is 10.0. The van der Waals surface area contributed by atoms with Gasteiger partial charge in [-0.3, -0.25) is 14.9 Å². The van der Waals surface area contributed by atoms with Crippen molar-refractivity contribution in [1.82, 2.24) is 0 Å². The fraction of sp³-hybridized carbons (Fsp3) is 0.174. The summed E-state index contributed by atoms with van der Waals surface area (Å²) in [5, 5.41) is 11.2. The minimum absolute atomic E-state index is 0.0843. The first kappa shape index (κ1) is 21.6. The smallest absolute Gasteiger partial charge is 0.270 e. The van der Waals surface area contributed by atoms with Crippen LogP contribution >= 0.6 is 0 Å². The number of carbonyl (C=O) groups excluding carboxylic acids is 1. The van der Waals surface area contributed by atoms with Gasteiger partial charge in [0.25, 0.3) is 5.69 Å². The SMILES string of the molecule is COc1ccc(-c2cc([N+](=O)[O-])ccc2OCC(=O)c2cc(OC)ccc2OC)cc1. The van der Waals surface area contributed by atoms with E-state index in [1.54, 1.807) is 49.6 Å². The number of Topliss-reactive ketones (excluding diaryl/α,β-unsaturated/α-hetero) is 1. The Bertz CT molecular complexity index is 1090. The normalized spacial score (nSPS) is 10.3. The number of carbonyl (C=O) groups is 1. The first-order valence-electron chi connectivity index (χ1n) is 9.27. The third kappa shape index (κ3) is 4.92. The number of ketones is 1. The number of non-ortho nitro benzene ring substituents is 1. The van der Waals surface area contributed by atoms with Gasteiger partial charge >= 0.3 is 0 Å². The second-order valence-electron chi connectivity index (χ2n) is 6.44. The van der Waals surface area contributed by atoms with E-state index in [0.717, 1.165) is 0 Å². The molecule has 0 heterocycles. The van der Waals surface area contributed by atoms with Crippen molar-refractivity contribution in [2.24, 2.45) is 0 Å². The summed E-state index contributed by atoms with van der Waals surface area (Å²) in [6, 6.07) is 16.1. The zero-order valence-electron chi connectivity index (χ0n) is 17.3. The lowest BCUT2D eigenvalue weighted by Gasteiger charge is -2.13. The van der Waals surface area contributed by atoms with Crippen molar-refractivity contribution >= 4 is 11.5 Å². The summed E-state index contributed by atoms with van der Waals surface area (Å²) >= 11 is 0. The molecule has 8 nitrogen and oxygen atoms in total. The molecule has 0 spiro atoms. The Balaban J connectivity index is 1.90. The molecule has 3 aromatic carbocycles. The van der Waals surface area contributed by atoms with Crippen LogP contribution in [0.3, 0.4) is 0 Å². The Morgan fingerprint density at radius 2 is 1.48 bits per heavy atom. The summed E-state index contributed by atoms with van der Waals surface area (Å²) in [4.78, 5) is 23.5. The Kier molecular flexibility index (Phi) is 6.71. The molecule has 0 atom stereocenters. The number of methoxy groups -OCH3 is 3.